The number of carbonyl (C=O) groups is 7. The second-order valence-corrected chi connectivity index (χ2v) is 24.4. The van der Waals surface area contributed by atoms with Crippen LogP contribution in [0, 0.1) is 11.8 Å². The zero-order valence-electron chi connectivity index (χ0n) is 55.1. The van der Waals surface area contributed by atoms with Crippen LogP contribution in [0.3, 0.4) is 0 Å². The van der Waals surface area contributed by atoms with E-state index in [1.165, 1.54) is 81.4 Å². The molecule has 3 aromatic carbocycles. The number of rotatable bonds is 25. The van der Waals surface area contributed by atoms with Gasteiger partial charge in [0.1, 0.15) is 30.0 Å². The lowest BCUT2D eigenvalue weighted by Gasteiger charge is -2.35. The van der Waals surface area contributed by atoms with Crippen molar-refractivity contribution in [3.63, 3.8) is 0 Å². The van der Waals surface area contributed by atoms with Crippen LogP contribution in [0.1, 0.15) is 162 Å². The second-order valence-electron chi connectivity index (χ2n) is 24.4. The fourth-order valence-electron chi connectivity index (χ4n) is 12.6. The molecule has 3 N–H and O–H groups in total. The van der Waals surface area contributed by atoms with Gasteiger partial charge < -0.3 is 29.2 Å². The number of aryl methyl sites for hydroxylation is 3. The summed E-state index contributed by atoms with van der Waals surface area (Å²) in [5.74, 6) is 0.0954. The normalized spacial score (nSPS) is 22.0. The molecule has 16 nitrogen and oxygen atoms in total. The maximum atomic E-state index is 13.3. The molecule has 2 amide bonds. The Kier molecular flexibility index (Phi) is 35.3. The van der Waals surface area contributed by atoms with E-state index >= 15 is 0 Å². The molecule has 0 spiro atoms. The minimum absolute atomic E-state index is 0.0130. The maximum absolute atomic E-state index is 13.3. The molecule has 0 unspecified atom stereocenters. The standard InChI is InChI=1S/C24H36N2O3.C16H19NO5.C16H23NO3.C9H17N.B9/c1-4-29-24(28)21(15-14-19-10-6-5-7-11-19)25-18(3)23(27)26-17(2)16-20-12-8-9-13-22(20)26;1-3-21-15(19)13(10-9-12-7-5-4-6-8-12)17-11(2)14(18)22-16(17)20;1-4-20-16(19)15(17-12(2)13(3)18)11-10-14-8-6-5-7-9-14;1-7-6-8-4-2-3-5-9(8)10-7;1-6-9(7(2)3)8(4)5/h5-7,10-11,17-18,20-22,25H,4,8-9,12-16H2,1-3H3;4-8,11,13H,3,9-10H2,1-2H3;5-9,12,15,17H,4,10-11H2,1-3H3;7-10H,2-6H2,1H3;/t17-,18+,20-,21+,22+;11-,13-;12-,15-;7-,8-,9+;/m1001./s1. The van der Waals surface area contributed by atoms with Crippen molar-refractivity contribution in [1.82, 2.24) is 25.8 Å². The van der Waals surface area contributed by atoms with Crippen LogP contribution in [0.15, 0.2) is 91.0 Å². The largest absolute Gasteiger partial charge is 0.465 e. The van der Waals surface area contributed by atoms with E-state index in [2.05, 4.69) is 51.6 Å². The van der Waals surface area contributed by atoms with Crippen LogP contribution in [-0.2, 0) is 67.0 Å². The van der Waals surface area contributed by atoms with Crippen LogP contribution in [-0.4, -0.2) is 197 Å². The summed E-state index contributed by atoms with van der Waals surface area (Å²) < 4.78 is 20.0. The molecule has 12 atom stereocenters. The van der Waals surface area contributed by atoms with Gasteiger partial charge in [0.15, 0.2) is 0 Å². The molecule has 8 rings (SSSR count). The molecule has 3 aromatic rings. The van der Waals surface area contributed by atoms with Gasteiger partial charge in [-0.25, -0.2) is 14.4 Å². The van der Waals surface area contributed by atoms with Crippen LogP contribution >= 0.6 is 0 Å². The lowest BCUT2D eigenvalue weighted by atomic mass is 8.64. The van der Waals surface area contributed by atoms with Gasteiger partial charge in [0, 0.05) is 89.1 Å². The van der Waals surface area contributed by atoms with E-state index in [9.17, 15) is 33.6 Å². The van der Waals surface area contributed by atoms with Gasteiger partial charge in [-0.2, -0.15) is 0 Å². The summed E-state index contributed by atoms with van der Waals surface area (Å²) >= 11 is 0. The molecule has 3 aliphatic heterocycles. The van der Waals surface area contributed by atoms with E-state index in [1.54, 1.807) is 27.7 Å². The first-order chi connectivity index (χ1) is 43.0. The number of esters is 4. The Morgan fingerprint density at radius 1 is 0.633 bits per heavy atom. The molecule has 11 radical (unpaired) electrons. The highest BCUT2D eigenvalue weighted by molar-refractivity contribution is 7.93. The summed E-state index contributed by atoms with van der Waals surface area (Å²) in [6.07, 6.45) is 14.7. The first kappa shape index (κ1) is 77.1. The van der Waals surface area contributed by atoms with Crippen LogP contribution < -0.4 is 16.0 Å². The average molecular weight is 1220 g/mol. The van der Waals surface area contributed by atoms with Gasteiger partial charge in [-0.3, -0.25) is 34.7 Å². The number of likely N-dealkylation sites (tertiary alicyclic amines) is 1. The lowest BCUT2D eigenvalue weighted by Crippen LogP contribution is -2.55. The van der Waals surface area contributed by atoms with Crippen LogP contribution in [0.5, 0.6) is 0 Å². The molecule has 3 heterocycles. The molecule has 0 aromatic heterocycles. The van der Waals surface area contributed by atoms with Gasteiger partial charge in [-0.1, -0.05) is 117 Å². The molecule has 3 saturated heterocycles. The predicted molar refractivity (Wildman–Crippen MR) is 366 cm³/mol. The van der Waals surface area contributed by atoms with E-state index in [-0.39, 0.29) is 48.7 Å². The van der Waals surface area contributed by atoms with Crippen molar-refractivity contribution in [3.8, 4) is 0 Å². The highest BCUT2D eigenvalue weighted by Crippen LogP contribution is 2.40. The number of cyclic esters (lactones) is 2. The van der Waals surface area contributed by atoms with Gasteiger partial charge in [0.05, 0.1) is 31.9 Å². The maximum Gasteiger partial charge on any atom is 0.419 e. The van der Waals surface area contributed by atoms with E-state index in [1.807, 2.05) is 92.7 Å². The monoisotopic (exact) mass is 1220 g/mol. The van der Waals surface area contributed by atoms with Crippen molar-refractivity contribution in [2.75, 3.05) is 19.8 Å². The number of ketones is 1. The number of nitrogens with one attached hydrogen (secondary N) is 3. The smallest absolute Gasteiger partial charge is 0.419 e. The zero-order valence-corrected chi connectivity index (χ0v) is 55.1. The fraction of sp³-hybridized carbons (Fsp3) is 0.615. The number of Topliss-reactive ketones (excluding diaryl/α,β-unsaturated/α-hetero) is 1. The highest BCUT2D eigenvalue weighted by Gasteiger charge is 2.46. The third-order valence-electron chi connectivity index (χ3n) is 17.5. The third-order valence-corrected chi connectivity index (χ3v) is 17.5. The van der Waals surface area contributed by atoms with Crippen molar-refractivity contribution < 1.29 is 52.5 Å². The number of benzene rings is 3. The van der Waals surface area contributed by atoms with Crippen molar-refractivity contribution in [2.45, 2.75) is 225 Å². The fourth-order valence-corrected chi connectivity index (χ4v) is 12.6. The van der Waals surface area contributed by atoms with Gasteiger partial charge in [-0.05, 0) is 168 Å². The van der Waals surface area contributed by atoms with Gasteiger partial charge >= 0.3 is 30.0 Å². The van der Waals surface area contributed by atoms with Crippen molar-refractivity contribution in [2.24, 2.45) is 11.8 Å². The van der Waals surface area contributed by atoms with Crippen LogP contribution in [0.4, 0.5) is 4.79 Å². The SMILES string of the molecule is CCOC(=O)[C@H](CCc1ccccc1)N1C(=O)OC(=O)[C@@H]1C.CCOC(=O)[C@H](CCc1ccccc1)N[C@@H](C)C(=O)N1[C@H](C)C[C@H]2CCCC[C@@H]21.CCOC(=O)[C@H](CCc1ccccc1)N[C@@H](C)C(C)=O.C[C@@H]1C[C@H]2CCCC[C@@H]2N1.[B][B]B(B([B])[B])B([B])[B]. The summed E-state index contributed by atoms with van der Waals surface area (Å²) in [5.41, 5.74) is 3.39. The van der Waals surface area contributed by atoms with E-state index < -0.39 is 61.0 Å². The number of nitrogens with zero attached hydrogens (tertiary/aromatic N) is 2. The number of carbonyl (C=O) groups excluding carboxylic acids is 7. The molecular weight excluding hydrogens is 1120 g/mol. The number of hydrogen-bond acceptors (Lipinski definition) is 14. The minimum atomic E-state index is -0.825. The predicted octanol–water partition coefficient (Wildman–Crippen LogP) is 6.24. The summed E-state index contributed by atoms with van der Waals surface area (Å²) in [6, 6.07) is 28.8. The Balaban J connectivity index is 0.000000255. The molecule has 473 valence electrons. The Hall–Kier alpha value is -5.39. The van der Waals surface area contributed by atoms with E-state index in [4.69, 9.17) is 52.9 Å². The molecule has 2 saturated carbocycles. The summed E-state index contributed by atoms with van der Waals surface area (Å²) in [7, 11) is 27.5. The Bertz CT molecular complexity index is 2600. The lowest BCUT2D eigenvalue weighted by molar-refractivity contribution is -0.149. The Labute approximate surface area is 547 Å². The van der Waals surface area contributed by atoms with Gasteiger partial charge in [-0.15, -0.1) is 0 Å². The quantitative estimate of drug-likeness (QED) is 0.0373. The topological polar surface area (TPSA) is 199 Å². The molecule has 2 aliphatic carbocycles. The zero-order chi connectivity index (χ0) is 66.3. The number of amides is 2. The highest BCUT2D eigenvalue weighted by atomic mass is 16.6. The molecule has 25 heteroatoms. The number of hydrogen-bond donors (Lipinski definition) is 3. The van der Waals surface area contributed by atoms with E-state index in [0.717, 1.165) is 49.2 Å². The molecular formula is C65H95B9N5O11. The van der Waals surface area contributed by atoms with Crippen LogP contribution in [0.25, 0.3) is 0 Å². The average Bonchev–Trinajstić information content (AvgIpc) is 1.69. The van der Waals surface area contributed by atoms with Crippen molar-refractivity contribution in [3.05, 3.63) is 108 Å². The first-order valence-corrected chi connectivity index (χ1v) is 32.9. The Morgan fingerprint density at radius 3 is 1.50 bits per heavy atom. The first-order valence-electron chi connectivity index (χ1n) is 32.9. The van der Waals surface area contributed by atoms with Gasteiger partial charge in [0.2, 0.25) is 5.91 Å². The molecule has 0 bridgehead atoms. The van der Waals surface area contributed by atoms with Crippen LogP contribution in [0.2, 0.25) is 0 Å². The summed E-state index contributed by atoms with van der Waals surface area (Å²) in [5, 5.41) is 10.0. The minimum Gasteiger partial charge on any atom is -0.465 e. The number of ether oxygens (including phenoxy) is 4. The number of fused-ring (bicyclic) bond motifs is 2. The van der Waals surface area contributed by atoms with E-state index in [0.29, 0.717) is 50.9 Å². The summed E-state index contributed by atoms with van der Waals surface area (Å²) in [6.45, 7) is 17.4. The van der Waals surface area contributed by atoms with Crippen molar-refractivity contribution >= 4 is 107 Å². The molecule has 5 aliphatic rings. The third kappa shape index (κ3) is 25.6. The van der Waals surface area contributed by atoms with Crippen molar-refractivity contribution in [1.29, 1.82) is 0 Å². The summed E-state index contributed by atoms with van der Waals surface area (Å²) in [4.78, 5) is 87.9. The van der Waals surface area contributed by atoms with Gasteiger partial charge in [0.25, 0.3) is 0 Å². The molecule has 90 heavy (non-hydrogen) atoms. The second kappa shape index (κ2) is 41.3. The Morgan fingerprint density at radius 2 is 1.08 bits per heavy atom. The molecule has 5 fully saturated rings.